The highest BCUT2D eigenvalue weighted by Gasteiger charge is 2.45. The van der Waals surface area contributed by atoms with Gasteiger partial charge in [0.05, 0.1) is 17.9 Å². The second kappa shape index (κ2) is 7.85. The maximum atomic E-state index is 4.62. The van der Waals surface area contributed by atoms with E-state index in [9.17, 15) is 0 Å². The summed E-state index contributed by atoms with van der Waals surface area (Å²) < 4.78 is 0. The van der Waals surface area contributed by atoms with Crippen LogP contribution in [-0.2, 0) is 0 Å². The van der Waals surface area contributed by atoms with Crippen LogP contribution in [0.25, 0.3) is 0 Å². The van der Waals surface area contributed by atoms with Crippen molar-refractivity contribution in [1.29, 1.82) is 0 Å². The second-order valence-corrected chi connectivity index (χ2v) is 6.00. The van der Waals surface area contributed by atoms with E-state index in [4.69, 9.17) is 0 Å². The van der Waals surface area contributed by atoms with E-state index in [-0.39, 0.29) is 11.6 Å². The van der Waals surface area contributed by atoms with E-state index in [0.29, 0.717) is 0 Å². The maximum Gasteiger partial charge on any atom is 0.0775 e. The quantitative estimate of drug-likeness (QED) is 0.798. The number of hydrogen-bond acceptors (Lipinski definition) is 4. The molecule has 0 aromatic carbocycles. The predicted molar refractivity (Wildman–Crippen MR) is 87.2 cm³/mol. The molecule has 1 unspecified atom stereocenters. The van der Waals surface area contributed by atoms with Crippen LogP contribution >= 0.6 is 0 Å². The predicted octanol–water partition coefficient (Wildman–Crippen LogP) is 3.17. The fourth-order valence-corrected chi connectivity index (χ4v) is 3.95. The molecule has 0 saturated heterocycles. The van der Waals surface area contributed by atoms with Crippen molar-refractivity contribution in [1.82, 2.24) is 20.2 Å². The lowest BCUT2D eigenvalue weighted by Crippen LogP contribution is -2.55. The molecule has 118 valence electrons. The van der Waals surface area contributed by atoms with E-state index in [1.54, 1.807) is 6.20 Å². The lowest BCUT2D eigenvalue weighted by molar-refractivity contribution is 0.0609. The minimum atomic E-state index is 0.203. The molecule has 1 N–H and O–H groups in total. The molecule has 1 aliphatic rings. The number of rotatable bonds is 8. The number of hydrogen-bond donors (Lipinski definition) is 1. The van der Waals surface area contributed by atoms with E-state index in [2.05, 4.69) is 41.0 Å². The fraction of sp³-hybridized carbons (Fsp3) is 0.765. The normalized spacial score (nSPS) is 19.0. The van der Waals surface area contributed by atoms with Crippen LogP contribution in [0.1, 0.15) is 64.6 Å². The summed E-state index contributed by atoms with van der Waals surface area (Å²) in [6.45, 7) is 10.0. The third-order valence-electron chi connectivity index (χ3n) is 4.88. The largest absolute Gasteiger partial charge is 0.307 e. The molecule has 2 rings (SSSR count). The van der Waals surface area contributed by atoms with Crippen molar-refractivity contribution in [3.63, 3.8) is 0 Å². The summed E-state index contributed by atoms with van der Waals surface area (Å²) in [5.74, 6) is 0. The van der Waals surface area contributed by atoms with Crippen molar-refractivity contribution < 1.29 is 0 Å². The number of nitrogens with one attached hydrogen (secondary N) is 1. The minimum absolute atomic E-state index is 0.203. The standard InChI is InChI=1S/C17H30N4/c1-4-11-20-16(15-14-18-12-13-19-15)17(9-7-8-10-17)21(5-2)6-3/h12-14,16,20H,4-11H2,1-3H3. The average Bonchev–Trinajstić information content (AvgIpc) is 3.00. The van der Waals surface area contributed by atoms with Gasteiger partial charge in [-0.2, -0.15) is 0 Å². The first kappa shape index (κ1) is 16.4. The Bertz CT molecular complexity index is 397. The monoisotopic (exact) mass is 290 g/mol. The molecule has 1 heterocycles. The smallest absolute Gasteiger partial charge is 0.0775 e. The molecule has 1 aliphatic carbocycles. The summed E-state index contributed by atoms with van der Waals surface area (Å²) in [5.41, 5.74) is 1.30. The highest BCUT2D eigenvalue weighted by molar-refractivity contribution is 5.15. The van der Waals surface area contributed by atoms with Gasteiger partial charge >= 0.3 is 0 Å². The van der Waals surface area contributed by atoms with Crippen LogP contribution in [0.3, 0.4) is 0 Å². The molecule has 1 saturated carbocycles. The Morgan fingerprint density at radius 1 is 1.19 bits per heavy atom. The zero-order valence-electron chi connectivity index (χ0n) is 13.8. The van der Waals surface area contributed by atoms with Crippen molar-refractivity contribution in [3.05, 3.63) is 24.3 Å². The van der Waals surface area contributed by atoms with E-state index >= 15 is 0 Å². The van der Waals surface area contributed by atoms with Gasteiger partial charge in [-0.3, -0.25) is 14.9 Å². The van der Waals surface area contributed by atoms with Crippen molar-refractivity contribution in [2.75, 3.05) is 19.6 Å². The van der Waals surface area contributed by atoms with Gasteiger partial charge in [-0.1, -0.05) is 33.6 Å². The van der Waals surface area contributed by atoms with Crippen molar-refractivity contribution in [3.8, 4) is 0 Å². The fourth-order valence-electron chi connectivity index (χ4n) is 3.95. The Morgan fingerprint density at radius 3 is 2.43 bits per heavy atom. The molecule has 1 aromatic rings. The second-order valence-electron chi connectivity index (χ2n) is 6.00. The van der Waals surface area contributed by atoms with Crippen LogP contribution in [0.5, 0.6) is 0 Å². The number of nitrogens with zero attached hydrogens (tertiary/aromatic N) is 3. The molecular formula is C17H30N4. The molecule has 0 spiro atoms. The summed E-state index contributed by atoms with van der Waals surface area (Å²) in [7, 11) is 0. The van der Waals surface area contributed by atoms with E-state index in [0.717, 1.165) is 31.7 Å². The summed E-state index contributed by atoms with van der Waals surface area (Å²) in [4.78, 5) is 11.6. The molecule has 1 aromatic heterocycles. The van der Waals surface area contributed by atoms with Gasteiger partial charge in [-0.05, 0) is 38.9 Å². The first-order valence-corrected chi connectivity index (χ1v) is 8.52. The molecule has 0 bridgehead atoms. The third-order valence-corrected chi connectivity index (χ3v) is 4.88. The van der Waals surface area contributed by atoms with E-state index < -0.39 is 0 Å². The van der Waals surface area contributed by atoms with Crippen molar-refractivity contribution in [2.24, 2.45) is 0 Å². The van der Waals surface area contributed by atoms with Crippen LogP contribution in [0.4, 0.5) is 0 Å². The lowest BCUT2D eigenvalue weighted by atomic mass is 9.83. The topological polar surface area (TPSA) is 41.1 Å². The summed E-state index contributed by atoms with van der Waals surface area (Å²) in [6.07, 6.45) is 11.8. The van der Waals surface area contributed by atoms with Crippen molar-refractivity contribution >= 4 is 0 Å². The van der Waals surface area contributed by atoms with Gasteiger partial charge in [0.25, 0.3) is 0 Å². The molecule has 1 atom stereocenters. The highest BCUT2D eigenvalue weighted by atomic mass is 15.2. The molecule has 4 heteroatoms. The average molecular weight is 290 g/mol. The lowest BCUT2D eigenvalue weighted by Gasteiger charge is -2.46. The molecule has 0 aliphatic heterocycles. The van der Waals surface area contributed by atoms with Gasteiger partial charge in [0.2, 0.25) is 0 Å². The molecule has 21 heavy (non-hydrogen) atoms. The number of likely N-dealkylation sites (N-methyl/N-ethyl adjacent to an activating group) is 1. The molecule has 0 radical (unpaired) electrons. The Labute approximate surface area is 129 Å². The molecular weight excluding hydrogens is 260 g/mol. The van der Waals surface area contributed by atoms with Gasteiger partial charge in [-0.25, -0.2) is 0 Å². The summed E-state index contributed by atoms with van der Waals surface area (Å²) in [5, 5.41) is 3.77. The van der Waals surface area contributed by atoms with E-state index in [1.165, 1.54) is 25.7 Å². The van der Waals surface area contributed by atoms with Gasteiger partial charge < -0.3 is 5.32 Å². The molecule has 1 fully saturated rings. The Hall–Kier alpha value is -1.00. The van der Waals surface area contributed by atoms with Gasteiger partial charge in [0, 0.05) is 17.9 Å². The van der Waals surface area contributed by atoms with E-state index in [1.807, 2.05) is 12.4 Å². The van der Waals surface area contributed by atoms with Gasteiger partial charge in [0.15, 0.2) is 0 Å². The molecule has 4 nitrogen and oxygen atoms in total. The van der Waals surface area contributed by atoms with Gasteiger partial charge in [-0.15, -0.1) is 0 Å². The summed E-state index contributed by atoms with van der Waals surface area (Å²) in [6, 6.07) is 0.286. The maximum absolute atomic E-state index is 4.62. The van der Waals surface area contributed by atoms with Crippen LogP contribution < -0.4 is 5.32 Å². The molecule has 0 amide bonds. The first-order chi connectivity index (χ1) is 10.3. The zero-order valence-corrected chi connectivity index (χ0v) is 13.8. The van der Waals surface area contributed by atoms with Crippen LogP contribution in [-0.4, -0.2) is 40.0 Å². The first-order valence-electron chi connectivity index (χ1n) is 8.52. The minimum Gasteiger partial charge on any atom is -0.307 e. The van der Waals surface area contributed by atoms with Crippen molar-refractivity contribution in [2.45, 2.75) is 64.5 Å². The number of aromatic nitrogens is 2. The third kappa shape index (κ3) is 3.43. The SMILES string of the molecule is CCCNC(c1cnccn1)C1(N(CC)CC)CCCC1. The Kier molecular flexibility index (Phi) is 6.12. The Morgan fingerprint density at radius 2 is 1.90 bits per heavy atom. The zero-order chi connectivity index (χ0) is 15.1. The Balaban J connectivity index is 2.35. The summed E-state index contributed by atoms with van der Waals surface area (Å²) >= 11 is 0. The van der Waals surface area contributed by atoms with Gasteiger partial charge in [0.1, 0.15) is 0 Å². The van der Waals surface area contributed by atoms with Crippen LogP contribution in [0.2, 0.25) is 0 Å². The van der Waals surface area contributed by atoms with Crippen LogP contribution in [0, 0.1) is 0 Å². The van der Waals surface area contributed by atoms with Crippen LogP contribution in [0.15, 0.2) is 18.6 Å². The highest BCUT2D eigenvalue weighted by Crippen LogP contribution is 2.43.